The third-order valence-corrected chi connectivity index (χ3v) is 5.05. The topological polar surface area (TPSA) is 42.1 Å². The first-order chi connectivity index (χ1) is 8.93. The van der Waals surface area contributed by atoms with E-state index in [0.29, 0.717) is 6.04 Å². The van der Waals surface area contributed by atoms with Crippen molar-refractivity contribution in [2.75, 3.05) is 13.1 Å². The predicted molar refractivity (Wildman–Crippen MR) is 82.6 cm³/mol. The first-order valence-electron chi connectivity index (χ1n) is 7.39. The average molecular weight is 281 g/mol. The van der Waals surface area contributed by atoms with Crippen LogP contribution in [0.5, 0.6) is 0 Å². The molecule has 2 heterocycles. The second-order valence-corrected chi connectivity index (χ2v) is 7.47. The van der Waals surface area contributed by atoms with Crippen molar-refractivity contribution >= 4 is 11.3 Å². The molecule has 1 fully saturated rings. The van der Waals surface area contributed by atoms with Crippen molar-refractivity contribution in [3.05, 3.63) is 16.1 Å². The molecule has 0 aromatic carbocycles. The number of nitrogens with zero attached hydrogens (tertiary/aromatic N) is 2. The lowest BCUT2D eigenvalue weighted by molar-refractivity contribution is 0.126. The quantitative estimate of drug-likeness (QED) is 0.924. The Bertz CT molecular complexity index is 406. The van der Waals surface area contributed by atoms with Crippen LogP contribution < -0.4 is 5.73 Å². The first-order valence-corrected chi connectivity index (χ1v) is 8.27. The van der Waals surface area contributed by atoms with Crippen molar-refractivity contribution in [1.29, 1.82) is 0 Å². The normalized spacial score (nSPS) is 25.7. The summed E-state index contributed by atoms with van der Waals surface area (Å²) in [4.78, 5) is 7.41. The Morgan fingerprint density at radius 2 is 2.21 bits per heavy atom. The molecule has 1 saturated heterocycles. The maximum absolute atomic E-state index is 6.37. The first kappa shape index (κ1) is 14.9. The van der Waals surface area contributed by atoms with Gasteiger partial charge in [-0.1, -0.05) is 27.7 Å². The van der Waals surface area contributed by atoms with Gasteiger partial charge in [-0.2, -0.15) is 0 Å². The van der Waals surface area contributed by atoms with Gasteiger partial charge in [0, 0.05) is 16.8 Å². The molecule has 0 amide bonds. The van der Waals surface area contributed by atoms with Crippen LogP contribution in [0.4, 0.5) is 0 Å². The number of aromatic nitrogens is 1. The second kappa shape index (κ2) is 5.90. The lowest BCUT2D eigenvalue weighted by Gasteiger charge is -2.38. The number of hydrogen-bond acceptors (Lipinski definition) is 4. The Morgan fingerprint density at radius 1 is 1.47 bits per heavy atom. The van der Waals surface area contributed by atoms with Gasteiger partial charge in [-0.05, 0) is 32.4 Å². The third kappa shape index (κ3) is 3.36. The zero-order valence-corrected chi connectivity index (χ0v) is 13.5. The molecule has 0 bridgehead atoms. The minimum absolute atomic E-state index is 0.136. The van der Waals surface area contributed by atoms with E-state index >= 15 is 0 Å². The maximum atomic E-state index is 6.37. The molecule has 2 unspecified atom stereocenters. The lowest BCUT2D eigenvalue weighted by atomic mass is 9.94. The highest BCUT2D eigenvalue weighted by atomic mass is 32.1. The van der Waals surface area contributed by atoms with E-state index in [-0.39, 0.29) is 11.5 Å². The molecular formula is C15H27N3S. The van der Waals surface area contributed by atoms with Gasteiger partial charge in [0.2, 0.25) is 0 Å². The minimum atomic E-state index is 0.136. The Balaban J connectivity index is 2.23. The van der Waals surface area contributed by atoms with Gasteiger partial charge in [0.15, 0.2) is 0 Å². The summed E-state index contributed by atoms with van der Waals surface area (Å²) in [7, 11) is 0. The molecule has 0 spiro atoms. The zero-order chi connectivity index (χ0) is 14.0. The van der Waals surface area contributed by atoms with E-state index in [2.05, 4.69) is 38.0 Å². The molecule has 1 aliphatic heterocycles. The molecule has 0 saturated carbocycles. The van der Waals surface area contributed by atoms with Gasteiger partial charge in [-0.15, -0.1) is 11.3 Å². The Hall–Kier alpha value is -0.450. The van der Waals surface area contributed by atoms with Crippen LogP contribution in [0.15, 0.2) is 5.38 Å². The fourth-order valence-corrected chi connectivity index (χ4v) is 3.74. The van der Waals surface area contributed by atoms with Crippen molar-refractivity contribution in [3.8, 4) is 0 Å². The van der Waals surface area contributed by atoms with E-state index in [4.69, 9.17) is 10.7 Å². The smallest absolute Gasteiger partial charge is 0.0982 e. The van der Waals surface area contributed by atoms with E-state index in [9.17, 15) is 0 Å². The van der Waals surface area contributed by atoms with Crippen LogP contribution in [0, 0.1) is 0 Å². The van der Waals surface area contributed by atoms with Crippen LogP contribution in [0.2, 0.25) is 0 Å². The number of thiazole rings is 1. The van der Waals surface area contributed by atoms with Gasteiger partial charge in [0.05, 0.1) is 16.7 Å². The molecule has 0 aliphatic carbocycles. The van der Waals surface area contributed by atoms with Crippen LogP contribution in [-0.4, -0.2) is 29.0 Å². The standard InChI is InChI=1S/C15H27N3S/c1-5-8-18-9-6-7-11(16)13(18)12-10-19-14(17-12)15(2,3)4/h10-11,13H,5-9,16H2,1-4H3. The lowest BCUT2D eigenvalue weighted by Crippen LogP contribution is -2.46. The summed E-state index contributed by atoms with van der Waals surface area (Å²) in [5, 5.41) is 3.44. The number of nitrogens with two attached hydrogens (primary N) is 1. The SMILES string of the molecule is CCCN1CCCC(N)C1c1csc(C(C)(C)C)n1. The molecule has 1 aromatic heterocycles. The molecule has 4 heteroatoms. The third-order valence-electron chi connectivity index (χ3n) is 3.76. The summed E-state index contributed by atoms with van der Waals surface area (Å²) in [5.74, 6) is 0. The van der Waals surface area contributed by atoms with Gasteiger partial charge in [-0.25, -0.2) is 4.98 Å². The monoisotopic (exact) mass is 281 g/mol. The largest absolute Gasteiger partial charge is 0.326 e. The molecule has 2 rings (SSSR count). The zero-order valence-electron chi connectivity index (χ0n) is 12.6. The minimum Gasteiger partial charge on any atom is -0.326 e. The molecule has 3 nitrogen and oxygen atoms in total. The van der Waals surface area contributed by atoms with E-state index in [1.807, 2.05) is 0 Å². The summed E-state index contributed by atoms with van der Waals surface area (Å²) in [5.41, 5.74) is 7.70. The van der Waals surface area contributed by atoms with E-state index in [1.54, 1.807) is 11.3 Å². The molecular weight excluding hydrogens is 254 g/mol. The summed E-state index contributed by atoms with van der Waals surface area (Å²) in [6.45, 7) is 11.2. The molecule has 2 atom stereocenters. The van der Waals surface area contributed by atoms with Crippen molar-refractivity contribution in [3.63, 3.8) is 0 Å². The summed E-state index contributed by atoms with van der Waals surface area (Å²) >= 11 is 1.78. The molecule has 0 radical (unpaired) electrons. The van der Waals surface area contributed by atoms with E-state index in [1.165, 1.54) is 23.5 Å². The fraction of sp³-hybridized carbons (Fsp3) is 0.800. The van der Waals surface area contributed by atoms with E-state index < -0.39 is 0 Å². The maximum Gasteiger partial charge on any atom is 0.0982 e. The van der Waals surface area contributed by atoms with Gasteiger partial charge in [-0.3, -0.25) is 4.90 Å². The van der Waals surface area contributed by atoms with Crippen LogP contribution in [0.3, 0.4) is 0 Å². The Morgan fingerprint density at radius 3 is 2.79 bits per heavy atom. The van der Waals surface area contributed by atoms with Gasteiger partial charge >= 0.3 is 0 Å². The summed E-state index contributed by atoms with van der Waals surface area (Å²) in [6.07, 6.45) is 3.51. The molecule has 19 heavy (non-hydrogen) atoms. The van der Waals surface area contributed by atoms with Gasteiger partial charge < -0.3 is 5.73 Å². The van der Waals surface area contributed by atoms with Crippen molar-refractivity contribution in [2.24, 2.45) is 5.73 Å². The van der Waals surface area contributed by atoms with E-state index in [0.717, 1.165) is 19.5 Å². The van der Waals surface area contributed by atoms with Crippen LogP contribution in [0.1, 0.15) is 63.7 Å². The summed E-state index contributed by atoms with van der Waals surface area (Å²) < 4.78 is 0. The fourth-order valence-electron chi connectivity index (χ4n) is 2.81. The number of likely N-dealkylation sites (tertiary alicyclic amines) is 1. The van der Waals surface area contributed by atoms with Crippen molar-refractivity contribution in [1.82, 2.24) is 9.88 Å². The second-order valence-electron chi connectivity index (χ2n) is 6.61. The van der Waals surface area contributed by atoms with Crippen molar-refractivity contribution < 1.29 is 0 Å². The van der Waals surface area contributed by atoms with Crippen molar-refractivity contribution in [2.45, 2.75) is 64.5 Å². The highest BCUT2D eigenvalue weighted by Gasteiger charge is 2.32. The average Bonchev–Trinajstić information content (AvgIpc) is 2.78. The van der Waals surface area contributed by atoms with Gasteiger partial charge in [0.1, 0.15) is 0 Å². The van der Waals surface area contributed by atoms with Crippen LogP contribution in [-0.2, 0) is 5.41 Å². The number of hydrogen-bond donors (Lipinski definition) is 1. The molecule has 2 N–H and O–H groups in total. The predicted octanol–water partition coefficient (Wildman–Crippen LogP) is 3.31. The molecule has 1 aliphatic rings. The number of rotatable bonds is 3. The Labute approximate surface area is 121 Å². The molecule has 108 valence electrons. The number of piperidine rings is 1. The highest BCUT2D eigenvalue weighted by molar-refractivity contribution is 7.09. The summed E-state index contributed by atoms with van der Waals surface area (Å²) in [6, 6.07) is 0.552. The molecule has 1 aromatic rings. The van der Waals surface area contributed by atoms with Crippen LogP contribution >= 0.6 is 11.3 Å². The highest BCUT2D eigenvalue weighted by Crippen LogP contribution is 2.33. The van der Waals surface area contributed by atoms with Crippen LogP contribution in [0.25, 0.3) is 0 Å². The van der Waals surface area contributed by atoms with Gasteiger partial charge in [0.25, 0.3) is 0 Å². The Kier molecular flexibility index (Phi) is 4.64.